The van der Waals surface area contributed by atoms with Gasteiger partial charge >= 0.3 is 0 Å². The summed E-state index contributed by atoms with van der Waals surface area (Å²) in [5.41, 5.74) is 0. The number of aromatic nitrogens is 1. The summed E-state index contributed by atoms with van der Waals surface area (Å²) in [5.74, 6) is 1.15. The highest BCUT2D eigenvalue weighted by Crippen LogP contribution is 2.28. The van der Waals surface area contributed by atoms with Gasteiger partial charge in [0.2, 0.25) is 0 Å². The quantitative estimate of drug-likeness (QED) is 0.928. The minimum absolute atomic E-state index is 0.615. The number of fused-ring (bicyclic) bond motifs is 1. The third kappa shape index (κ3) is 2.74. The molecule has 0 aromatic carbocycles. The maximum absolute atomic E-state index is 4.62. The molecule has 0 spiro atoms. The lowest BCUT2D eigenvalue weighted by Crippen LogP contribution is -2.44. The average Bonchev–Trinajstić information content (AvgIpc) is 2.94. The predicted octanol–water partition coefficient (Wildman–Crippen LogP) is 3.26. The number of likely N-dealkylation sites (N-methyl/N-ethyl adjacent to an activating group) is 1. The van der Waals surface area contributed by atoms with Gasteiger partial charge in [-0.05, 0) is 43.8 Å². The fourth-order valence-electron chi connectivity index (χ4n) is 2.84. The fraction of sp³-hybridized carbons (Fsp3) is 0.533. The summed E-state index contributed by atoms with van der Waals surface area (Å²) in [6, 6.07) is 4.92. The van der Waals surface area contributed by atoms with Crippen molar-refractivity contribution in [2.24, 2.45) is 0 Å². The van der Waals surface area contributed by atoms with Crippen LogP contribution in [0.15, 0.2) is 23.7 Å². The zero-order chi connectivity index (χ0) is 13.1. The second kappa shape index (κ2) is 5.88. The van der Waals surface area contributed by atoms with Crippen LogP contribution in [0.1, 0.15) is 26.2 Å². The van der Waals surface area contributed by atoms with Crippen LogP contribution in [-0.2, 0) is 0 Å². The average molecular weight is 275 g/mol. The zero-order valence-corrected chi connectivity index (χ0v) is 12.2. The summed E-state index contributed by atoms with van der Waals surface area (Å²) in [6.45, 7) is 5.46. The van der Waals surface area contributed by atoms with Crippen LogP contribution in [0, 0.1) is 0 Å². The van der Waals surface area contributed by atoms with E-state index < -0.39 is 0 Å². The molecule has 1 fully saturated rings. The van der Waals surface area contributed by atoms with Crippen molar-refractivity contribution in [3.8, 4) is 0 Å². The molecule has 1 saturated heterocycles. The molecular formula is C15H21N3S. The largest absolute Gasteiger partial charge is 0.355 e. The third-order valence-electron chi connectivity index (χ3n) is 3.89. The lowest BCUT2D eigenvalue weighted by atomic mass is 10.0. The molecule has 1 atom stereocenters. The Morgan fingerprint density at radius 3 is 3.16 bits per heavy atom. The van der Waals surface area contributed by atoms with Crippen molar-refractivity contribution in [1.29, 1.82) is 0 Å². The predicted molar refractivity (Wildman–Crippen MR) is 83.1 cm³/mol. The molecule has 1 aliphatic rings. The van der Waals surface area contributed by atoms with E-state index in [1.54, 1.807) is 11.3 Å². The smallest absolute Gasteiger partial charge is 0.137 e. The lowest BCUT2D eigenvalue weighted by Gasteiger charge is -2.31. The van der Waals surface area contributed by atoms with Crippen LogP contribution >= 0.6 is 11.3 Å². The second-order valence-corrected chi connectivity index (χ2v) is 6.10. The molecule has 1 aliphatic heterocycles. The maximum Gasteiger partial charge on any atom is 0.137 e. The van der Waals surface area contributed by atoms with Crippen LogP contribution < -0.4 is 10.2 Å². The van der Waals surface area contributed by atoms with Crippen molar-refractivity contribution in [2.45, 2.75) is 32.2 Å². The summed E-state index contributed by atoms with van der Waals surface area (Å²) in [6.07, 6.45) is 5.90. The van der Waals surface area contributed by atoms with Gasteiger partial charge in [-0.15, -0.1) is 11.3 Å². The number of piperidine rings is 1. The van der Waals surface area contributed by atoms with Crippen LogP contribution in [0.5, 0.6) is 0 Å². The van der Waals surface area contributed by atoms with Crippen molar-refractivity contribution in [1.82, 2.24) is 10.3 Å². The topological polar surface area (TPSA) is 28.2 Å². The molecule has 0 aliphatic carbocycles. The molecule has 0 radical (unpaired) electrons. The highest BCUT2D eigenvalue weighted by molar-refractivity contribution is 7.17. The molecule has 2 aromatic heterocycles. The fourth-order valence-corrected chi connectivity index (χ4v) is 3.62. The molecular weight excluding hydrogens is 254 g/mol. The van der Waals surface area contributed by atoms with Gasteiger partial charge in [0.05, 0.1) is 0 Å². The van der Waals surface area contributed by atoms with E-state index in [0.717, 1.165) is 25.5 Å². The van der Waals surface area contributed by atoms with Crippen molar-refractivity contribution < 1.29 is 0 Å². The molecule has 0 bridgehead atoms. The van der Waals surface area contributed by atoms with Gasteiger partial charge in [0.15, 0.2) is 0 Å². The molecule has 3 nitrogen and oxygen atoms in total. The number of hydrogen-bond donors (Lipinski definition) is 1. The molecule has 1 N–H and O–H groups in total. The molecule has 0 saturated carbocycles. The Hall–Kier alpha value is -1.13. The van der Waals surface area contributed by atoms with Gasteiger partial charge in [-0.2, -0.15) is 0 Å². The Labute approximate surface area is 118 Å². The van der Waals surface area contributed by atoms with E-state index in [9.17, 15) is 0 Å². The SMILES string of the molecule is CCN(CC1CCCCN1)c1nccc2sccc12. The van der Waals surface area contributed by atoms with Gasteiger partial charge in [-0.1, -0.05) is 6.42 Å². The normalized spacial score (nSPS) is 19.7. The molecule has 3 heterocycles. The molecule has 1 unspecified atom stereocenters. The Kier molecular flexibility index (Phi) is 3.99. The highest BCUT2D eigenvalue weighted by atomic mass is 32.1. The first-order valence-electron chi connectivity index (χ1n) is 7.19. The monoisotopic (exact) mass is 275 g/mol. The number of pyridine rings is 1. The minimum Gasteiger partial charge on any atom is -0.355 e. The summed E-state index contributed by atoms with van der Waals surface area (Å²) in [5, 5.41) is 7.08. The number of nitrogens with one attached hydrogen (secondary N) is 1. The van der Waals surface area contributed by atoms with Crippen molar-refractivity contribution >= 4 is 27.2 Å². The number of thiophene rings is 1. The molecule has 19 heavy (non-hydrogen) atoms. The van der Waals surface area contributed by atoms with Gasteiger partial charge in [-0.25, -0.2) is 4.98 Å². The van der Waals surface area contributed by atoms with Crippen molar-refractivity contribution in [3.63, 3.8) is 0 Å². The first kappa shape index (κ1) is 12.9. The third-order valence-corrected chi connectivity index (χ3v) is 4.78. The first-order chi connectivity index (χ1) is 9.38. The van der Waals surface area contributed by atoms with E-state index in [0.29, 0.717) is 6.04 Å². The van der Waals surface area contributed by atoms with Crippen LogP contribution in [0.25, 0.3) is 10.1 Å². The van der Waals surface area contributed by atoms with Gasteiger partial charge in [0, 0.05) is 35.4 Å². The number of anilines is 1. The molecule has 3 rings (SSSR count). The summed E-state index contributed by atoms with van der Waals surface area (Å²) < 4.78 is 1.33. The zero-order valence-electron chi connectivity index (χ0n) is 11.4. The van der Waals surface area contributed by atoms with E-state index in [4.69, 9.17) is 0 Å². The number of hydrogen-bond acceptors (Lipinski definition) is 4. The number of rotatable bonds is 4. The summed E-state index contributed by atoms with van der Waals surface area (Å²) in [4.78, 5) is 7.04. The second-order valence-electron chi connectivity index (χ2n) is 5.15. The van der Waals surface area contributed by atoms with Gasteiger partial charge in [0.1, 0.15) is 5.82 Å². The molecule has 0 amide bonds. The Morgan fingerprint density at radius 2 is 2.37 bits per heavy atom. The van der Waals surface area contributed by atoms with E-state index in [1.807, 2.05) is 6.20 Å². The van der Waals surface area contributed by atoms with Gasteiger partial charge in [-0.3, -0.25) is 0 Å². The number of nitrogens with zero attached hydrogens (tertiary/aromatic N) is 2. The molecule has 102 valence electrons. The standard InChI is InChI=1S/C15H21N3S/c1-2-18(11-12-5-3-4-8-16-12)15-13-7-10-19-14(13)6-9-17-15/h6-7,9-10,12,16H,2-5,8,11H2,1H3. The van der Waals surface area contributed by atoms with Gasteiger partial charge < -0.3 is 10.2 Å². The Bertz CT molecular complexity index is 531. The van der Waals surface area contributed by atoms with Gasteiger partial charge in [0.25, 0.3) is 0 Å². The summed E-state index contributed by atoms with van der Waals surface area (Å²) in [7, 11) is 0. The van der Waals surface area contributed by atoms with Crippen LogP contribution in [0.4, 0.5) is 5.82 Å². The minimum atomic E-state index is 0.615. The van der Waals surface area contributed by atoms with Crippen molar-refractivity contribution in [3.05, 3.63) is 23.7 Å². The first-order valence-corrected chi connectivity index (χ1v) is 8.07. The Balaban J connectivity index is 1.82. The van der Waals surface area contributed by atoms with E-state index in [1.165, 1.54) is 29.3 Å². The van der Waals surface area contributed by atoms with E-state index >= 15 is 0 Å². The molecule has 2 aromatic rings. The lowest BCUT2D eigenvalue weighted by molar-refractivity contribution is 0.400. The van der Waals surface area contributed by atoms with Crippen molar-refractivity contribution in [2.75, 3.05) is 24.5 Å². The van der Waals surface area contributed by atoms with E-state index in [2.05, 4.69) is 39.6 Å². The molecule has 4 heteroatoms. The summed E-state index contributed by atoms with van der Waals surface area (Å²) >= 11 is 1.79. The maximum atomic E-state index is 4.62. The highest BCUT2D eigenvalue weighted by Gasteiger charge is 2.18. The van der Waals surface area contributed by atoms with Crippen LogP contribution in [0.3, 0.4) is 0 Å². The Morgan fingerprint density at radius 1 is 1.42 bits per heavy atom. The van der Waals surface area contributed by atoms with E-state index in [-0.39, 0.29) is 0 Å². The van der Waals surface area contributed by atoms with Crippen LogP contribution in [0.2, 0.25) is 0 Å². The van der Waals surface area contributed by atoms with Crippen LogP contribution in [-0.4, -0.2) is 30.7 Å².